The third kappa shape index (κ3) is 3.10. The third-order valence-corrected chi connectivity index (χ3v) is 1.93. The average molecular weight is 243 g/mol. The lowest BCUT2D eigenvalue weighted by molar-refractivity contribution is 0.618. The van der Waals surface area contributed by atoms with Crippen molar-refractivity contribution in [3.63, 3.8) is 0 Å². The fourth-order valence-electron chi connectivity index (χ4n) is 0.608. The Morgan fingerprint density at radius 3 is 2.38 bits per heavy atom. The number of rotatable bonds is 1. The van der Waals surface area contributed by atoms with Crippen LogP contribution in [0.2, 0.25) is 0 Å². The maximum absolute atomic E-state index is 4.20. The number of nitrogens with zero attached hydrogens (tertiary/aromatic N) is 4. The highest BCUT2D eigenvalue weighted by atomic mass is 79.9. The first kappa shape index (κ1) is 10.1. The Kier molecular flexibility index (Phi) is 3.36. The highest BCUT2D eigenvalue weighted by Gasteiger charge is 1.96. The van der Waals surface area contributed by atoms with Crippen molar-refractivity contribution in [2.75, 3.05) is 14.1 Å². The monoisotopic (exact) mass is 242 g/mol. The van der Waals surface area contributed by atoms with Gasteiger partial charge in [-0.3, -0.25) is 0 Å². The summed E-state index contributed by atoms with van der Waals surface area (Å²) < 4.78 is 0.856. The number of amidine groups is 1. The Balaban J connectivity index is 2.85. The quantitative estimate of drug-likeness (QED) is 0.558. The van der Waals surface area contributed by atoms with E-state index in [1.54, 1.807) is 12.4 Å². The minimum Gasteiger partial charge on any atom is -0.366 e. The zero-order valence-corrected chi connectivity index (χ0v) is 9.41. The van der Waals surface area contributed by atoms with Crippen molar-refractivity contribution >= 4 is 27.7 Å². The molecule has 0 aliphatic carbocycles. The van der Waals surface area contributed by atoms with Crippen LogP contribution in [-0.4, -0.2) is 34.8 Å². The number of halogens is 1. The highest BCUT2D eigenvalue weighted by molar-refractivity contribution is 9.10. The predicted molar refractivity (Wildman–Crippen MR) is 56.2 cm³/mol. The van der Waals surface area contributed by atoms with E-state index in [2.05, 4.69) is 30.9 Å². The molecule has 0 aliphatic rings. The van der Waals surface area contributed by atoms with Gasteiger partial charge in [0.2, 0.25) is 0 Å². The summed E-state index contributed by atoms with van der Waals surface area (Å²) in [5.74, 6) is 1.36. The molecule has 0 bridgehead atoms. The van der Waals surface area contributed by atoms with Crippen LogP contribution in [-0.2, 0) is 0 Å². The molecule has 0 unspecified atom stereocenters. The lowest BCUT2D eigenvalue weighted by Gasteiger charge is -2.09. The van der Waals surface area contributed by atoms with Gasteiger partial charge in [0.15, 0.2) is 0 Å². The van der Waals surface area contributed by atoms with Crippen LogP contribution < -0.4 is 0 Å². The first-order valence-corrected chi connectivity index (χ1v) is 4.59. The molecule has 1 aromatic rings. The van der Waals surface area contributed by atoms with Crippen LogP contribution in [0.5, 0.6) is 0 Å². The molecule has 0 fully saturated rings. The molecule has 5 heteroatoms. The van der Waals surface area contributed by atoms with Gasteiger partial charge in [-0.25, -0.2) is 9.97 Å². The second-order valence-electron chi connectivity index (χ2n) is 2.75. The van der Waals surface area contributed by atoms with E-state index in [-0.39, 0.29) is 0 Å². The fraction of sp³-hybridized carbons (Fsp3) is 0.375. The maximum atomic E-state index is 4.20. The smallest absolute Gasteiger partial charge is 0.251 e. The first-order valence-electron chi connectivity index (χ1n) is 3.80. The van der Waals surface area contributed by atoms with Crippen LogP contribution in [0.1, 0.15) is 6.92 Å². The summed E-state index contributed by atoms with van der Waals surface area (Å²) in [4.78, 5) is 14.2. The zero-order chi connectivity index (χ0) is 9.84. The van der Waals surface area contributed by atoms with Gasteiger partial charge in [-0.05, 0) is 22.9 Å². The SMILES string of the molecule is C/C(=N\c1ncc(Br)cn1)N(C)C. The highest BCUT2D eigenvalue weighted by Crippen LogP contribution is 2.09. The van der Waals surface area contributed by atoms with E-state index < -0.39 is 0 Å². The van der Waals surface area contributed by atoms with E-state index in [9.17, 15) is 0 Å². The number of aromatic nitrogens is 2. The van der Waals surface area contributed by atoms with Gasteiger partial charge in [0.25, 0.3) is 5.95 Å². The second kappa shape index (κ2) is 4.32. The molecule has 1 rings (SSSR count). The summed E-state index contributed by atoms with van der Waals surface area (Å²) in [6.45, 7) is 1.91. The molecular weight excluding hydrogens is 232 g/mol. The van der Waals surface area contributed by atoms with Crippen LogP contribution in [0.15, 0.2) is 21.9 Å². The van der Waals surface area contributed by atoms with Crippen molar-refractivity contribution in [1.29, 1.82) is 0 Å². The van der Waals surface area contributed by atoms with Crippen LogP contribution in [0.25, 0.3) is 0 Å². The Morgan fingerprint density at radius 1 is 1.38 bits per heavy atom. The second-order valence-corrected chi connectivity index (χ2v) is 3.67. The lowest BCUT2D eigenvalue weighted by Crippen LogP contribution is -2.17. The normalized spacial score (nSPS) is 11.5. The summed E-state index contributed by atoms with van der Waals surface area (Å²) >= 11 is 3.26. The van der Waals surface area contributed by atoms with Crippen LogP contribution in [0, 0.1) is 0 Å². The van der Waals surface area contributed by atoms with E-state index in [0.717, 1.165) is 10.3 Å². The predicted octanol–water partition coefficient (Wildman–Crippen LogP) is 1.85. The lowest BCUT2D eigenvalue weighted by atomic mass is 10.6. The van der Waals surface area contributed by atoms with Gasteiger partial charge >= 0.3 is 0 Å². The summed E-state index contributed by atoms with van der Waals surface area (Å²) in [5, 5.41) is 0. The van der Waals surface area contributed by atoms with Crippen molar-refractivity contribution in [2.24, 2.45) is 4.99 Å². The zero-order valence-electron chi connectivity index (χ0n) is 7.82. The molecule has 0 saturated heterocycles. The van der Waals surface area contributed by atoms with Crippen molar-refractivity contribution in [3.05, 3.63) is 16.9 Å². The van der Waals surface area contributed by atoms with Gasteiger partial charge in [0.05, 0.1) is 4.47 Å². The van der Waals surface area contributed by atoms with E-state index in [1.807, 2.05) is 25.9 Å². The Bertz CT molecular complexity index is 304. The molecule has 1 heterocycles. The molecule has 0 aliphatic heterocycles. The van der Waals surface area contributed by atoms with Crippen LogP contribution >= 0.6 is 15.9 Å². The van der Waals surface area contributed by atoms with E-state index in [1.165, 1.54) is 0 Å². The molecule has 1 aromatic heterocycles. The van der Waals surface area contributed by atoms with Gasteiger partial charge in [-0.15, -0.1) is 0 Å². The van der Waals surface area contributed by atoms with Gasteiger partial charge in [0.1, 0.15) is 5.84 Å². The molecule has 0 aromatic carbocycles. The summed E-state index contributed by atoms with van der Waals surface area (Å²) in [7, 11) is 3.86. The van der Waals surface area contributed by atoms with E-state index in [0.29, 0.717) is 5.95 Å². The molecule has 13 heavy (non-hydrogen) atoms. The Labute approximate surface area is 85.9 Å². The Hall–Kier alpha value is -0.970. The molecule has 0 spiro atoms. The van der Waals surface area contributed by atoms with Gasteiger partial charge in [-0.2, -0.15) is 4.99 Å². The topological polar surface area (TPSA) is 41.4 Å². The average Bonchev–Trinajstić information content (AvgIpc) is 2.08. The molecule has 0 radical (unpaired) electrons. The molecule has 0 saturated carbocycles. The van der Waals surface area contributed by atoms with E-state index in [4.69, 9.17) is 0 Å². The summed E-state index contributed by atoms with van der Waals surface area (Å²) in [5.41, 5.74) is 0. The van der Waals surface area contributed by atoms with Crippen LogP contribution in [0.3, 0.4) is 0 Å². The fourth-order valence-corrected chi connectivity index (χ4v) is 0.813. The van der Waals surface area contributed by atoms with Crippen molar-refractivity contribution < 1.29 is 0 Å². The first-order chi connectivity index (χ1) is 6.09. The Morgan fingerprint density at radius 2 is 1.92 bits per heavy atom. The van der Waals surface area contributed by atoms with Crippen molar-refractivity contribution in [1.82, 2.24) is 14.9 Å². The summed E-state index contributed by atoms with van der Waals surface area (Å²) in [6, 6.07) is 0. The van der Waals surface area contributed by atoms with Gasteiger partial charge < -0.3 is 4.90 Å². The van der Waals surface area contributed by atoms with Crippen LogP contribution in [0.4, 0.5) is 5.95 Å². The molecule has 0 N–H and O–H groups in total. The minimum absolute atomic E-state index is 0.481. The summed E-state index contributed by atoms with van der Waals surface area (Å²) in [6.07, 6.45) is 3.35. The number of aliphatic imine (C=N–C) groups is 1. The van der Waals surface area contributed by atoms with Crippen molar-refractivity contribution in [2.45, 2.75) is 6.92 Å². The van der Waals surface area contributed by atoms with Crippen molar-refractivity contribution in [3.8, 4) is 0 Å². The standard InChI is InChI=1S/C8H11BrN4/c1-6(13(2)3)12-8-10-4-7(9)5-11-8/h4-5H,1-3H3/b12-6+. The molecule has 0 amide bonds. The third-order valence-electron chi connectivity index (χ3n) is 1.52. The maximum Gasteiger partial charge on any atom is 0.251 e. The largest absolute Gasteiger partial charge is 0.366 e. The van der Waals surface area contributed by atoms with Gasteiger partial charge in [0, 0.05) is 26.5 Å². The number of hydrogen-bond acceptors (Lipinski definition) is 3. The minimum atomic E-state index is 0.481. The van der Waals surface area contributed by atoms with Gasteiger partial charge in [-0.1, -0.05) is 0 Å². The molecule has 70 valence electrons. The molecule has 0 atom stereocenters. The van der Waals surface area contributed by atoms with E-state index >= 15 is 0 Å². The number of hydrogen-bond donors (Lipinski definition) is 0. The molecular formula is C8H11BrN4. The molecule has 4 nitrogen and oxygen atoms in total.